The third-order valence-corrected chi connectivity index (χ3v) is 5.31. The van der Waals surface area contributed by atoms with Crippen molar-refractivity contribution in [1.82, 2.24) is 14.9 Å². The molecule has 2 atom stereocenters. The molecule has 3 aromatic rings. The highest BCUT2D eigenvalue weighted by Crippen LogP contribution is 2.37. The minimum atomic E-state index is -0.130. The Labute approximate surface area is 159 Å². The lowest BCUT2D eigenvalue weighted by Crippen LogP contribution is -2.34. The van der Waals surface area contributed by atoms with Crippen molar-refractivity contribution in [3.63, 3.8) is 0 Å². The molecule has 27 heavy (non-hydrogen) atoms. The molecule has 0 saturated heterocycles. The Kier molecular flexibility index (Phi) is 4.77. The number of nitrogens with two attached hydrogens (primary N) is 1. The summed E-state index contributed by atoms with van der Waals surface area (Å²) in [6, 6.07) is 18.1. The van der Waals surface area contributed by atoms with Crippen LogP contribution in [0, 0.1) is 0 Å². The van der Waals surface area contributed by atoms with Crippen molar-refractivity contribution in [3.05, 3.63) is 77.7 Å². The van der Waals surface area contributed by atoms with E-state index in [1.165, 1.54) is 0 Å². The Morgan fingerprint density at radius 2 is 1.81 bits per heavy atom. The maximum absolute atomic E-state index is 13.1. The van der Waals surface area contributed by atoms with Crippen LogP contribution in [0.3, 0.4) is 0 Å². The maximum atomic E-state index is 13.1. The van der Waals surface area contributed by atoms with E-state index in [1.54, 1.807) is 4.90 Å². The first kappa shape index (κ1) is 17.5. The van der Waals surface area contributed by atoms with Crippen molar-refractivity contribution in [1.29, 1.82) is 0 Å². The van der Waals surface area contributed by atoms with E-state index in [-0.39, 0.29) is 17.9 Å². The van der Waals surface area contributed by atoms with Gasteiger partial charge in [-0.1, -0.05) is 54.6 Å². The van der Waals surface area contributed by atoms with Crippen LogP contribution in [0.15, 0.2) is 60.8 Å². The van der Waals surface area contributed by atoms with E-state index in [9.17, 15) is 4.79 Å². The highest BCUT2D eigenvalue weighted by Gasteiger charge is 2.31. The summed E-state index contributed by atoms with van der Waals surface area (Å²) in [5.74, 6) is 0.770. The van der Waals surface area contributed by atoms with Crippen LogP contribution in [0.5, 0.6) is 0 Å². The van der Waals surface area contributed by atoms with Crippen LogP contribution in [-0.2, 0) is 11.3 Å². The van der Waals surface area contributed by atoms with Gasteiger partial charge in [-0.05, 0) is 29.5 Å². The van der Waals surface area contributed by atoms with Crippen molar-refractivity contribution in [3.8, 4) is 11.3 Å². The summed E-state index contributed by atoms with van der Waals surface area (Å²) >= 11 is 0. The van der Waals surface area contributed by atoms with Gasteiger partial charge in [0, 0.05) is 13.1 Å². The summed E-state index contributed by atoms with van der Waals surface area (Å²) < 4.78 is 0. The number of carbonyl (C=O) groups excluding carboxylic acids is 1. The number of nitrogens with one attached hydrogen (secondary N) is 1. The summed E-state index contributed by atoms with van der Waals surface area (Å²) in [5.41, 5.74) is 10.4. The lowest BCUT2D eigenvalue weighted by atomic mass is 9.79. The molecule has 0 aliphatic heterocycles. The molecule has 0 saturated carbocycles. The van der Waals surface area contributed by atoms with Crippen molar-refractivity contribution >= 4 is 5.91 Å². The number of rotatable bonds is 4. The van der Waals surface area contributed by atoms with Crippen LogP contribution < -0.4 is 5.73 Å². The Morgan fingerprint density at radius 1 is 1.11 bits per heavy atom. The molecule has 5 heteroatoms. The average Bonchev–Trinajstić information content (AvgIpc) is 3.17. The molecule has 0 bridgehead atoms. The number of benzene rings is 2. The standard InChI is InChI=1S/C22H24N4O/c1-26(14-21-24-13-20(25-21)15-7-3-2-4-8-15)22(27)18-11-12-19(23)17-10-6-5-9-16(17)18/h2-10,13,18-19H,11-12,14,23H2,1H3,(H,24,25). The third kappa shape index (κ3) is 3.51. The monoisotopic (exact) mass is 360 g/mol. The van der Waals surface area contributed by atoms with Crippen molar-refractivity contribution in [2.75, 3.05) is 7.05 Å². The Hall–Kier alpha value is -2.92. The first-order valence-electron chi connectivity index (χ1n) is 9.32. The smallest absolute Gasteiger partial charge is 0.230 e. The van der Waals surface area contributed by atoms with Crippen LogP contribution >= 0.6 is 0 Å². The van der Waals surface area contributed by atoms with Crippen LogP contribution in [-0.4, -0.2) is 27.8 Å². The first-order chi connectivity index (χ1) is 13.1. The number of aromatic nitrogens is 2. The number of carbonyl (C=O) groups is 1. The zero-order chi connectivity index (χ0) is 18.8. The molecule has 3 N–H and O–H groups in total. The van der Waals surface area contributed by atoms with E-state index < -0.39 is 0 Å². The SMILES string of the molecule is CN(Cc1ncc(-c2ccccc2)[nH]1)C(=O)C1CCC(N)c2ccccc21. The molecule has 0 fully saturated rings. The molecular weight excluding hydrogens is 336 g/mol. The molecule has 2 unspecified atom stereocenters. The van der Waals surface area contributed by atoms with Gasteiger partial charge in [0.1, 0.15) is 5.82 Å². The number of nitrogens with zero attached hydrogens (tertiary/aromatic N) is 2. The van der Waals surface area contributed by atoms with E-state index in [1.807, 2.05) is 67.8 Å². The molecule has 1 heterocycles. The van der Waals surface area contributed by atoms with Gasteiger partial charge in [0.05, 0.1) is 24.4 Å². The molecule has 1 aliphatic rings. The number of aromatic amines is 1. The molecule has 138 valence electrons. The lowest BCUT2D eigenvalue weighted by molar-refractivity contribution is -0.132. The van der Waals surface area contributed by atoms with Gasteiger partial charge in [0.15, 0.2) is 0 Å². The van der Waals surface area contributed by atoms with Gasteiger partial charge in [0.2, 0.25) is 5.91 Å². The molecule has 1 aliphatic carbocycles. The van der Waals surface area contributed by atoms with Crippen LogP contribution in [0.1, 0.15) is 41.8 Å². The van der Waals surface area contributed by atoms with Crippen LogP contribution in [0.2, 0.25) is 0 Å². The van der Waals surface area contributed by atoms with Gasteiger partial charge in [0.25, 0.3) is 0 Å². The van der Waals surface area contributed by atoms with Crippen molar-refractivity contribution < 1.29 is 4.79 Å². The number of amides is 1. The predicted molar refractivity (Wildman–Crippen MR) is 106 cm³/mol. The summed E-state index contributed by atoms with van der Waals surface area (Å²) in [5, 5.41) is 0. The van der Waals surface area contributed by atoms with E-state index in [4.69, 9.17) is 5.73 Å². The topological polar surface area (TPSA) is 75.0 Å². The maximum Gasteiger partial charge on any atom is 0.230 e. The zero-order valence-corrected chi connectivity index (χ0v) is 15.4. The van der Waals surface area contributed by atoms with Crippen LogP contribution in [0.25, 0.3) is 11.3 Å². The highest BCUT2D eigenvalue weighted by molar-refractivity contribution is 5.84. The van der Waals surface area contributed by atoms with E-state index in [0.29, 0.717) is 6.54 Å². The van der Waals surface area contributed by atoms with Crippen molar-refractivity contribution in [2.45, 2.75) is 31.3 Å². The Balaban J connectivity index is 1.49. The molecule has 0 spiro atoms. The number of fused-ring (bicyclic) bond motifs is 1. The molecule has 4 rings (SSSR count). The summed E-state index contributed by atoms with van der Waals surface area (Å²) in [6.07, 6.45) is 3.44. The van der Waals surface area contributed by atoms with E-state index in [0.717, 1.165) is 41.1 Å². The first-order valence-corrected chi connectivity index (χ1v) is 9.32. The van der Waals surface area contributed by atoms with E-state index in [2.05, 4.69) is 9.97 Å². The lowest BCUT2D eigenvalue weighted by Gasteiger charge is -2.31. The van der Waals surface area contributed by atoms with Gasteiger partial charge >= 0.3 is 0 Å². The molecular formula is C22H24N4O. The van der Waals surface area contributed by atoms with E-state index >= 15 is 0 Å². The fourth-order valence-corrected chi connectivity index (χ4v) is 3.86. The second kappa shape index (κ2) is 7.37. The second-order valence-electron chi connectivity index (χ2n) is 7.17. The fraction of sp³-hybridized carbons (Fsp3) is 0.273. The highest BCUT2D eigenvalue weighted by atomic mass is 16.2. The largest absolute Gasteiger partial charge is 0.341 e. The summed E-state index contributed by atoms with van der Waals surface area (Å²) in [6.45, 7) is 0.455. The molecule has 1 aromatic heterocycles. The molecule has 0 radical (unpaired) electrons. The Morgan fingerprint density at radius 3 is 2.59 bits per heavy atom. The summed E-state index contributed by atoms with van der Waals surface area (Å²) in [4.78, 5) is 22.6. The number of imidazole rings is 1. The molecule has 5 nitrogen and oxygen atoms in total. The predicted octanol–water partition coefficient (Wildman–Crippen LogP) is 3.61. The minimum Gasteiger partial charge on any atom is -0.341 e. The van der Waals surface area contributed by atoms with Gasteiger partial charge in [-0.2, -0.15) is 0 Å². The number of likely N-dealkylation sites (N-methyl/N-ethyl adjacent to an activating group) is 1. The normalized spacial score (nSPS) is 18.7. The number of hydrogen-bond acceptors (Lipinski definition) is 3. The average molecular weight is 360 g/mol. The van der Waals surface area contributed by atoms with Gasteiger partial charge in [-0.15, -0.1) is 0 Å². The van der Waals surface area contributed by atoms with Gasteiger partial charge in [-0.25, -0.2) is 4.98 Å². The third-order valence-electron chi connectivity index (χ3n) is 5.31. The summed E-state index contributed by atoms with van der Waals surface area (Å²) in [7, 11) is 1.84. The quantitative estimate of drug-likeness (QED) is 0.746. The minimum absolute atomic E-state index is 0.0223. The number of H-pyrrole nitrogens is 1. The molecule has 1 amide bonds. The number of hydrogen-bond donors (Lipinski definition) is 2. The van der Waals surface area contributed by atoms with Gasteiger partial charge in [-0.3, -0.25) is 4.79 Å². The zero-order valence-electron chi connectivity index (χ0n) is 15.4. The fourth-order valence-electron chi connectivity index (χ4n) is 3.86. The van der Waals surface area contributed by atoms with Crippen LogP contribution in [0.4, 0.5) is 0 Å². The van der Waals surface area contributed by atoms with Crippen molar-refractivity contribution in [2.24, 2.45) is 5.73 Å². The molecule has 2 aromatic carbocycles. The van der Waals surface area contributed by atoms with Gasteiger partial charge < -0.3 is 15.6 Å². The Bertz CT molecular complexity index is 934. The second-order valence-corrected chi connectivity index (χ2v) is 7.17.